The Morgan fingerprint density at radius 3 is 1.97 bits per heavy atom. The molecule has 154 valence electrons. The number of hydrazone groups is 1. The van der Waals surface area contributed by atoms with Gasteiger partial charge in [-0.25, -0.2) is 8.78 Å². The monoisotopic (exact) mass is 398 g/mol. The van der Waals surface area contributed by atoms with E-state index in [-0.39, 0.29) is 11.3 Å². The Balaban J connectivity index is 0.000000502. The van der Waals surface area contributed by atoms with Gasteiger partial charge in [-0.05, 0) is 29.2 Å². The summed E-state index contributed by atoms with van der Waals surface area (Å²) >= 11 is 0. The molecule has 0 aliphatic rings. The van der Waals surface area contributed by atoms with E-state index in [1.807, 2.05) is 42.5 Å². The Morgan fingerprint density at radius 1 is 1.03 bits per heavy atom. The lowest BCUT2D eigenvalue weighted by Crippen LogP contribution is -2.20. The fraction of sp³-hybridized carbons (Fsp3) is 0.174. The highest BCUT2D eigenvalue weighted by molar-refractivity contribution is 5.97. The van der Waals surface area contributed by atoms with Gasteiger partial charge in [-0.1, -0.05) is 76.4 Å². The van der Waals surface area contributed by atoms with Crippen molar-refractivity contribution in [1.29, 1.82) is 0 Å². The van der Waals surface area contributed by atoms with Crippen LogP contribution in [-0.4, -0.2) is 5.84 Å². The van der Waals surface area contributed by atoms with Gasteiger partial charge in [0.1, 0.15) is 11.5 Å². The molecule has 0 saturated carbocycles. The summed E-state index contributed by atoms with van der Waals surface area (Å²) in [4.78, 5) is 0. The first-order valence-electron chi connectivity index (χ1n) is 8.94. The normalized spacial score (nSPS) is 12.2. The highest BCUT2D eigenvalue weighted by atomic mass is 19.1. The number of nitrogens with zero attached hydrogens (tertiary/aromatic N) is 1. The van der Waals surface area contributed by atoms with Crippen LogP contribution in [0.3, 0.4) is 0 Å². The van der Waals surface area contributed by atoms with E-state index in [2.05, 4.69) is 44.5 Å². The second-order valence-corrected chi connectivity index (χ2v) is 7.18. The molecule has 0 aliphatic heterocycles. The number of allylic oxidation sites excluding steroid dienone is 3. The van der Waals surface area contributed by atoms with Crippen LogP contribution in [0, 0.1) is 0 Å². The van der Waals surface area contributed by atoms with Crippen molar-refractivity contribution in [3.8, 4) is 0 Å². The van der Waals surface area contributed by atoms with Gasteiger partial charge in [-0.3, -0.25) is 5.43 Å². The maximum atomic E-state index is 13.4. The Labute approximate surface area is 171 Å². The first-order chi connectivity index (χ1) is 13.6. The van der Waals surface area contributed by atoms with Gasteiger partial charge in [0, 0.05) is 11.3 Å². The number of benzene rings is 2. The SMILES string of the molecule is C=C/C(F)=C(/N/N=C(\N)c1ccc(C(C)(C)C)cc1)C(=C)F.Nc1ccccc1. The van der Waals surface area contributed by atoms with Crippen LogP contribution < -0.4 is 16.9 Å². The molecule has 6 heteroatoms. The lowest BCUT2D eigenvalue weighted by atomic mass is 9.87. The van der Waals surface area contributed by atoms with Crippen molar-refractivity contribution in [3.05, 3.63) is 102 Å². The van der Waals surface area contributed by atoms with E-state index in [4.69, 9.17) is 11.5 Å². The predicted octanol–water partition coefficient (Wildman–Crippen LogP) is 5.31. The summed E-state index contributed by atoms with van der Waals surface area (Å²) in [6.07, 6.45) is 0.858. The molecule has 0 unspecified atom stereocenters. The standard InChI is InChI=1S/C17H21F2N3.C6H7N/c1-6-14(19)15(11(2)18)21-22-16(20)12-7-9-13(10-8-12)17(3,4)5;7-6-4-2-1-3-5-6/h6-10,21H,1-2H2,3-5H3,(H2,20,22);1-5H,7H2/b15-14-;. The Morgan fingerprint density at radius 2 is 1.59 bits per heavy atom. The minimum atomic E-state index is -0.989. The number of anilines is 1. The molecule has 2 rings (SSSR count). The summed E-state index contributed by atoms with van der Waals surface area (Å²) in [5.74, 6) is -1.78. The second kappa shape index (κ2) is 10.8. The Hall–Kier alpha value is -3.41. The van der Waals surface area contributed by atoms with Crippen LogP contribution in [0.1, 0.15) is 31.9 Å². The van der Waals surface area contributed by atoms with Gasteiger partial charge >= 0.3 is 0 Å². The zero-order valence-corrected chi connectivity index (χ0v) is 17.0. The number of nitrogen functional groups attached to an aromatic ring is 1. The average Bonchev–Trinajstić information content (AvgIpc) is 2.68. The smallest absolute Gasteiger partial charge is 0.150 e. The molecule has 0 aromatic heterocycles. The first-order valence-corrected chi connectivity index (χ1v) is 8.94. The molecule has 0 bridgehead atoms. The Kier molecular flexibility index (Phi) is 8.80. The molecule has 0 saturated heterocycles. The van der Waals surface area contributed by atoms with Gasteiger partial charge < -0.3 is 11.5 Å². The van der Waals surface area contributed by atoms with Gasteiger partial charge in [-0.15, -0.1) is 0 Å². The van der Waals surface area contributed by atoms with Crippen molar-refractivity contribution >= 4 is 11.5 Å². The Bertz CT molecular complexity index is 877. The summed E-state index contributed by atoms with van der Waals surface area (Å²) in [5, 5.41) is 3.77. The molecule has 0 aliphatic carbocycles. The molecule has 5 N–H and O–H groups in total. The van der Waals surface area contributed by atoms with E-state index in [0.29, 0.717) is 5.56 Å². The number of halogens is 2. The van der Waals surface area contributed by atoms with E-state index in [0.717, 1.165) is 17.3 Å². The van der Waals surface area contributed by atoms with Crippen LogP contribution in [0.5, 0.6) is 0 Å². The number of nitrogens with one attached hydrogen (secondary N) is 1. The average molecular weight is 399 g/mol. The van der Waals surface area contributed by atoms with Gasteiger partial charge in [0.05, 0.1) is 0 Å². The van der Waals surface area contributed by atoms with Gasteiger partial charge in [0.15, 0.2) is 11.7 Å². The lowest BCUT2D eigenvalue weighted by Gasteiger charge is -2.19. The van der Waals surface area contributed by atoms with E-state index < -0.39 is 17.4 Å². The summed E-state index contributed by atoms with van der Waals surface area (Å²) < 4.78 is 26.5. The highest BCUT2D eigenvalue weighted by Crippen LogP contribution is 2.22. The molecule has 0 fully saturated rings. The molecule has 0 heterocycles. The molecule has 2 aromatic rings. The molecule has 2 aromatic carbocycles. The third kappa shape index (κ3) is 8.01. The van der Waals surface area contributed by atoms with Gasteiger partial charge in [0.2, 0.25) is 0 Å². The van der Waals surface area contributed by atoms with E-state index in [9.17, 15) is 8.78 Å². The molecular formula is C23H28F2N4. The fourth-order valence-corrected chi connectivity index (χ4v) is 2.12. The molecule has 0 amide bonds. The van der Waals surface area contributed by atoms with Crippen molar-refractivity contribution in [2.24, 2.45) is 10.8 Å². The molecule has 29 heavy (non-hydrogen) atoms. The molecule has 0 atom stereocenters. The maximum absolute atomic E-state index is 13.4. The van der Waals surface area contributed by atoms with Crippen LogP contribution in [0.2, 0.25) is 0 Å². The van der Waals surface area contributed by atoms with Crippen LogP contribution >= 0.6 is 0 Å². The summed E-state index contributed by atoms with van der Waals surface area (Å²) in [5.41, 5.74) is 15.5. The largest absolute Gasteiger partial charge is 0.399 e. The van der Waals surface area contributed by atoms with Crippen molar-refractivity contribution in [2.75, 3.05) is 5.73 Å². The summed E-state index contributed by atoms with van der Waals surface area (Å²) in [6.45, 7) is 12.6. The number of hydrogen-bond donors (Lipinski definition) is 3. The van der Waals surface area contributed by atoms with Crippen LogP contribution in [0.15, 0.2) is 96.3 Å². The number of hydrogen-bond acceptors (Lipinski definition) is 3. The third-order valence-corrected chi connectivity index (χ3v) is 3.82. The summed E-state index contributed by atoms with van der Waals surface area (Å²) in [6, 6.07) is 17.0. The first kappa shape index (κ1) is 23.6. The van der Waals surface area contributed by atoms with Crippen molar-refractivity contribution in [2.45, 2.75) is 26.2 Å². The van der Waals surface area contributed by atoms with Gasteiger partial charge in [0.25, 0.3) is 0 Å². The molecular weight excluding hydrogens is 370 g/mol. The van der Waals surface area contributed by atoms with Crippen molar-refractivity contribution < 1.29 is 8.78 Å². The van der Waals surface area contributed by atoms with Crippen LogP contribution in [0.4, 0.5) is 14.5 Å². The summed E-state index contributed by atoms with van der Waals surface area (Å²) in [7, 11) is 0. The van der Waals surface area contributed by atoms with Crippen LogP contribution in [-0.2, 0) is 5.41 Å². The number of para-hydroxylation sites is 1. The number of nitrogens with two attached hydrogens (primary N) is 2. The van der Waals surface area contributed by atoms with Crippen molar-refractivity contribution in [1.82, 2.24) is 5.43 Å². The lowest BCUT2D eigenvalue weighted by molar-refractivity contribution is 0.584. The topological polar surface area (TPSA) is 76.4 Å². The highest BCUT2D eigenvalue weighted by Gasteiger charge is 2.13. The van der Waals surface area contributed by atoms with E-state index in [1.165, 1.54) is 0 Å². The van der Waals surface area contributed by atoms with Gasteiger partial charge in [-0.2, -0.15) is 5.10 Å². The zero-order chi connectivity index (χ0) is 22.0. The molecule has 0 spiro atoms. The van der Waals surface area contributed by atoms with E-state index >= 15 is 0 Å². The minimum absolute atomic E-state index is 0.0254. The third-order valence-electron chi connectivity index (χ3n) is 3.82. The quantitative estimate of drug-likeness (QED) is 0.210. The predicted molar refractivity (Wildman–Crippen MR) is 118 cm³/mol. The fourth-order valence-electron chi connectivity index (χ4n) is 2.12. The minimum Gasteiger partial charge on any atom is -0.399 e. The number of amidine groups is 1. The van der Waals surface area contributed by atoms with Crippen molar-refractivity contribution in [3.63, 3.8) is 0 Å². The van der Waals surface area contributed by atoms with Crippen LogP contribution in [0.25, 0.3) is 0 Å². The number of rotatable bonds is 5. The second-order valence-electron chi connectivity index (χ2n) is 7.18. The maximum Gasteiger partial charge on any atom is 0.150 e. The zero-order valence-electron chi connectivity index (χ0n) is 17.0. The van der Waals surface area contributed by atoms with E-state index in [1.54, 1.807) is 12.1 Å². The molecule has 4 nitrogen and oxygen atoms in total. The molecule has 0 radical (unpaired) electrons.